The Balaban J connectivity index is 1.44. The van der Waals surface area contributed by atoms with Crippen molar-refractivity contribution < 1.29 is 19.0 Å². The molecule has 4 aromatic rings. The first kappa shape index (κ1) is 31.3. The SMILES string of the molecule is CCOc1cc(/C=C(\C#N)C(=O)Nc2ccc(OCc3ccccc3Cl)cc2)cc(Br)c1OCc1ccc(Cl)c(Cl)c1. The minimum atomic E-state index is -0.559. The molecule has 214 valence electrons. The van der Waals surface area contributed by atoms with Crippen molar-refractivity contribution in [2.45, 2.75) is 20.1 Å². The van der Waals surface area contributed by atoms with Crippen LogP contribution >= 0.6 is 50.7 Å². The summed E-state index contributed by atoms with van der Waals surface area (Å²) < 4.78 is 18.2. The third kappa shape index (κ3) is 8.43. The van der Waals surface area contributed by atoms with E-state index in [1.807, 2.05) is 37.3 Å². The summed E-state index contributed by atoms with van der Waals surface area (Å²) in [4.78, 5) is 12.9. The van der Waals surface area contributed by atoms with Crippen molar-refractivity contribution >= 4 is 68.4 Å². The highest BCUT2D eigenvalue weighted by Crippen LogP contribution is 2.38. The molecule has 0 radical (unpaired) electrons. The summed E-state index contributed by atoms with van der Waals surface area (Å²) in [5.41, 5.74) is 2.68. The van der Waals surface area contributed by atoms with Crippen molar-refractivity contribution in [3.63, 3.8) is 0 Å². The Morgan fingerprint density at radius 1 is 0.905 bits per heavy atom. The van der Waals surface area contributed by atoms with E-state index in [2.05, 4.69) is 21.2 Å². The van der Waals surface area contributed by atoms with E-state index >= 15 is 0 Å². The predicted octanol–water partition coefficient (Wildman–Crippen LogP) is 9.51. The smallest absolute Gasteiger partial charge is 0.266 e. The topological polar surface area (TPSA) is 80.6 Å². The van der Waals surface area contributed by atoms with Crippen LogP contribution < -0.4 is 19.5 Å². The molecule has 0 aliphatic carbocycles. The Bertz CT molecular complexity index is 1650. The first-order chi connectivity index (χ1) is 20.3. The third-order valence-electron chi connectivity index (χ3n) is 5.84. The molecule has 10 heteroatoms. The van der Waals surface area contributed by atoms with Crippen molar-refractivity contribution in [1.29, 1.82) is 5.26 Å². The lowest BCUT2D eigenvalue weighted by Gasteiger charge is -2.15. The number of halogens is 4. The molecule has 6 nitrogen and oxygen atoms in total. The second-order valence-corrected chi connectivity index (χ2v) is 10.9. The van der Waals surface area contributed by atoms with Gasteiger partial charge in [-0.15, -0.1) is 0 Å². The van der Waals surface area contributed by atoms with E-state index in [0.717, 1.165) is 11.1 Å². The van der Waals surface area contributed by atoms with Gasteiger partial charge in [-0.2, -0.15) is 5.26 Å². The molecule has 0 bridgehead atoms. The van der Waals surface area contributed by atoms with Crippen LogP contribution in [0.15, 0.2) is 88.9 Å². The standard InChI is InChI=1S/C32H24BrCl3N2O4/c1-2-40-30-16-21(14-26(33)31(30)42-18-20-7-12-28(35)29(36)15-20)13-23(17-37)32(39)38-24-8-10-25(11-9-24)41-19-22-5-3-4-6-27(22)34/h3-16H,2,18-19H2,1H3,(H,38,39)/b23-13+. The van der Waals surface area contributed by atoms with Gasteiger partial charge >= 0.3 is 0 Å². The summed E-state index contributed by atoms with van der Waals surface area (Å²) >= 11 is 21.8. The Hall–Kier alpha value is -3.67. The average Bonchev–Trinajstić information content (AvgIpc) is 2.97. The summed E-state index contributed by atoms with van der Waals surface area (Å²) in [5, 5.41) is 14.0. The van der Waals surface area contributed by atoms with Gasteiger partial charge in [-0.25, -0.2) is 0 Å². The molecule has 42 heavy (non-hydrogen) atoms. The second-order valence-electron chi connectivity index (χ2n) is 8.83. The number of hydrogen-bond donors (Lipinski definition) is 1. The number of ether oxygens (including phenoxy) is 3. The molecule has 0 fully saturated rings. The zero-order chi connectivity index (χ0) is 30.1. The van der Waals surface area contributed by atoms with Crippen molar-refractivity contribution in [3.05, 3.63) is 121 Å². The fourth-order valence-electron chi connectivity index (χ4n) is 3.78. The lowest BCUT2D eigenvalue weighted by molar-refractivity contribution is -0.112. The van der Waals surface area contributed by atoms with E-state index in [1.165, 1.54) is 6.08 Å². The van der Waals surface area contributed by atoms with Crippen LogP contribution in [0.4, 0.5) is 5.69 Å². The van der Waals surface area contributed by atoms with Crippen LogP contribution in [-0.4, -0.2) is 12.5 Å². The summed E-state index contributed by atoms with van der Waals surface area (Å²) in [5.74, 6) is 0.970. The molecule has 4 aromatic carbocycles. The first-order valence-corrected chi connectivity index (χ1v) is 14.6. The number of nitrogens with zero attached hydrogens (tertiary/aromatic N) is 1. The van der Waals surface area contributed by atoms with E-state index in [9.17, 15) is 10.1 Å². The molecule has 0 aliphatic rings. The molecule has 0 saturated carbocycles. The van der Waals surface area contributed by atoms with E-state index in [-0.39, 0.29) is 12.2 Å². The number of carbonyl (C=O) groups excluding carboxylic acids is 1. The molecule has 0 spiro atoms. The van der Waals surface area contributed by atoms with Crippen LogP contribution in [0.5, 0.6) is 17.2 Å². The van der Waals surface area contributed by atoms with Crippen molar-refractivity contribution in [2.75, 3.05) is 11.9 Å². The zero-order valence-electron chi connectivity index (χ0n) is 22.3. The number of anilines is 1. The number of carbonyl (C=O) groups is 1. The Labute approximate surface area is 267 Å². The third-order valence-corrected chi connectivity index (χ3v) is 7.54. The zero-order valence-corrected chi connectivity index (χ0v) is 26.2. The van der Waals surface area contributed by atoms with Crippen molar-refractivity contribution in [1.82, 2.24) is 0 Å². The highest BCUT2D eigenvalue weighted by molar-refractivity contribution is 9.10. The average molecular weight is 687 g/mol. The molecular weight excluding hydrogens is 663 g/mol. The number of benzene rings is 4. The van der Waals surface area contributed by atoms with Gasteiger partial charge in [-0.1, -0.05) is 59.1 Å². The van der Waals surface area contributed by atoms with Gasteiger partial charge in [0.2, 0.25) is 0 Å². The first-order valence-electron chi connectivity index (χ1n) is 12.7. The highest BCUT2D eigenvalue weighted by atomic mass is 79.9. The van der Waals surface area contributed by atoms with E-state index < -0.39 is 5.91 Å². The van der Waals surface area contributed by atoms with Gasteiger partial charge in [0.1, 0.15) is 30.6 Å². The maximum absolute atomic E-state index is 12.9. The van der Waals surface area contributed by atoms with Crippen LogP contribution in [-0.2, 0) is 18.0 Å². The van der Waals surface area contributed by atoms with Crippen molar-refractivity contribution in [2.24, 2.45) is 0 Å². The van der Waals surface area contributed by atoms with Crippen LogP contribution in [0.2, 0.25) is 15.1 Å². The minimum Gasteiger partial charge on any atom is -0.490 e. The predicted molar refractivity (Wildman–Crippen MR) is 171 cm³/mol. The maximum Gasteiger partial charge on any atom is 0.266 e. The molecule has 0 heterocycles. The molecule has 0 aromatic heterocycles. The van der Waals surface area contributed by atoms with Gasteiger partial charge in [0.15, 0.2) is 11.5 Å². The van der Waals surface area contributed by atoms with Gasteiger partial charge in [0, 0.05) is 16.3 Å². The molecule has 1 amide bonds. The number of nitriles is 1. The fraction of sp³-hybridized carbons (Fsp3) is 0.125. The largest absolute Gasteiger partial charge is 0.490 e. The molecule has 1 N–H and O–H groups in total. The number of hydrogen-bond acceptors (Lipinski definition) is 5. The summed E-state index contributed by atoms with van der Waals surface area (Å²) in [6.07, 6.45) is 1.48. The minimum absolute atomic E-state index is 0.0899. The number of rotatable bonds is 11. The quantitative estimate of drug-likeness (QED) is 0.126. The van der Waals surface area contributed by atoms with Gasteiger partial charge in [0.25, 0.3) is 5.91 Å². The molecule has 0 atom stereocenters. The lowest BCUT2D eigenvalue weighted by Crippen LogP contribution is -2.13. The van der Waals surface area contributed by atoms with Crippen LogP contribution in [0.25, 0.3) is 6.08 Å². The van der Waals surface area contributed by atoms with Gasteiger partial charge in [-0.05, 0) is 94.7 Å². The monoisotopic (exact) mass is 684 g/mol. The molecular formula is C32H24BrCl3N2O4. The Morgan fingerprint density at radius 3 is 2.36 bits per heavy atom. The molecule has 4 rings (SSSR count). The van der Waals surface area contributed by atoms with Gasteiger partial charge in [0.05, 0.1) is 21.1 Å². The normalized spacial score (nSPS) is 11.0. The van der Waals surface area contributed by atoms with E-state index in [1.54, 1.807) is 54.6 Å². The van der Waals surface area contributed by atoms with Crippen LogP contribution in [0, 0.1) is 11.3 Å². The van der Waals surface area contributed by atoms with Gasteiger partial charge < -0.3 is 19.5 Å². The maximum atomic E-state index is 12.9. The second kappa shape index (κ2) is 15.0. The summed E-state index contributed by atoms with van der Waals surface area (Å²) in [6.45, 7) is 2.76. The van der Waals surface area contributed by atoms with Crippen molar-refractivity contribution in [3.8, 4) is 23.3 Å². The van der Waals surface area contributed by atoms with Crippen LogP contribution in [0.1, 0.15) is 23.6 Å². The Morgan fingerprint density at radius 2 is 1.67 bits per heavy atom. The molecule has 0 aliphatic heterocycles. The van der Waals surface area contributed by atoms with Gasteiger partial charge in [-0.3, -0.25) is 4.79 Å². The highest BCUT2D eigenvalue weighted by Gasteiger charge is 2.15. The molecule has 0 saturated heterocycles. The summed E-state index contributed by atoms with van der Waals surface area (Å²) in [7, 11) is 0. The number of amides is 1. The molecule has 0 unspecified atom stereocenters. The fourth-order valence-corrected chi connectivity index (χ4v) is 4.87. The Kier molecular flexibility index (Phi) is 11.2. The van der Waals surface area contributed by atoms with E-state index in [0.29, 0.717) is 61.3 Å². The lowest BCUT2D eigenvalue weighted by atomic mass is 10.1. The van der Waals surface area contributed by atoms with Crippen LogP contribution in [0.3, 0.4) is 0 Å². The number of nitrogens with one attached hydrogen (secondary N) is 1. The van der Waals surface area contributed by atoms with E-state index in [4.69, 9.17) is 49.0 Å². The summed E-state index contributed by atoms with van der Waals surface area (Å²) in [6, 6.07) is 24.9.